The zero-order valence-electron chi connectivity index (χ0n) is 19.7. The summed E-state index contributed by atoms with van der Waals surface area (Å²) in [7, 11) is 0. The molecule has 0 spiro atoms. The molecule has 0 aliphatic heterocycles. The van der Waals surface area contributed by atoms with Gasteiger partial charge in [0.05, 0.1) is 13.2 Å². The van der Waals surface area contributed by atoms with Gasteiger partial charge in [0.2, 0.25) is 0 Å². The largest absolute Gasteiger partial charge is 0.493 e. The van der Waals surface area contributed by atoms with Crippen LogP contribution in [0.25, 0.3) is 17.2 Å². The summed E-state index contributed by atoms with van der Waals surface area (Å²) >= 11 is 0. The van der Waals surface area contributed by atoms with Crippen LogP contribution in [0.4, 0.5) is 0 Å². The molecule has 0 radical (unpaired) electrons. The van der Waals surface area contributed by atoms with Crippen LogP contribution in [0.15, 0.2) is 78.4 Å². The predicted molar refractivity (Wildman–Crippen MR) is 136 cm³/mol. The first-order chi connectivity index (χ1) is 16.5. The Kier molecular flexibility index (Phi) is 9.18. The van der Waals surface area contributed by atoms with Crippen LogP contribution in [-0.2, 0) is 11.3 Å². The number of carboxylic acids is 1. The summed E-state index contributed by atoms with van der Waals surface area (Å²) in [5, 5.41) is 12.4. The van der Waals surface area contributed by atoms with Gasteiger partial charge in [-0.3, -0.25) is 4.79 Å². The highest BCUT2D eigenvalue weighted by Crippen LogP contribution is 2.32. The maximum absolute atomic E-state index is 12.3. The van der Waals surface area contributed by atoms with Crippen LogP contribution in [0.2, 0.25) is 0 Å². The highest BCUT2D eigenvalue weighted by molar-refractivity contribution is 5.97. The normalized spacial score (nSPS) is 11.3. The zero-order valence-corrected chi connectivity index (χ0v) is 19.7. The highest BCUT2D eigenvalue weighted by atomic mass is 16.5. The molecule has 0 fully saturated rings. The summed E-state index contributed by atoms with van der Waals surface area (Å²) in [6.07, 6.45) is 3.60. The van der Waals surface area contributed by atoms with Crippen molar-refractivity contribution in [2.24, 2.45) is 0 Å². The van der Waals surface area contributed by atoms with Gasteiger partial charge in [-0.2, -0.15) is 0 Å². The molecule has 5 nitrogen and oxygen atoms in total. The molecular formula is C29H31NO4. The number of hydrogen-bond acceptors (Lipinski definition) is 4. The smallest absolute Gasteiger partial charge is 0.331 e. The van der Waals surface area contributed by atoms with Crippen molar-refractivity contribution in [1.82, 2.24) is 5.32 Å². The zero-order chi connectivity index (χ0) is 24.3. The van der Waals surface area contributed by atoms with Gasteiger partial charge in [-0.15, -0.1) is 0 Å². The summed E-state index contributed by atoms with van der Waals surface area (Å²) < 4.78 is 6.08. The maximum atomic E-state index is 12.3. The minimum absolute atomic E-state index is 0.0589. The molecule has 0 atom stereocenters. The molecule has 0 heterocycles. The van der Waals surface area contributed by atoms with Gasteiger partial charge in [-0.25, -0.2) is 4.79 Å². The molecule has 3 aromatic carbocycles. The van der Waals surface area contributed by atoms with Gasteiger partial charge in [0.15, 0.2) is 5.78 Å². The van der Waals surface area contributed by atoms with Crippen molar-refractivity contribution in [2.45, 2.75) is 33.2 Å². The van der Waals surface area contributed by atoms with E-state index in [-0.39, 0.29) is 17.9 Å². The Morgan fingerprint density at radius 1 is 1.00 bits per heavy atom. The monoisotopic (exact) mass is 457 g/mol. The number of nitrogens with one attached hydrogen (secondary N) is 1. The lowest BCUT2D eigenvalue weighted by atomic mass is 9.99. The number of ether oxygens (including phenoxy) is 1. The van der Waals surface area contributed by atoms with Crippen LogP contribution in [0.3, 0.4) is 0 Å². The van der Waals surface area contributed by atoms with Crippen LogP contribution in [0.5, 0.6) is 5.75 Å². The van der Waals surface area contributed by atoms with Gasteiger partial charge >= 0.3 is 5.97 Å². The van der Waals surface area contributed by atoms with E-state index in [1.807, 2.05) is 66.7 Å². The van der Waals surface area contributed by atoms with Gasteiger partial charge in [-0.05, 0) is 48.2 Å². The number of benzene rings is 3. The van der Waals surface area contributed by atoms with Crippen LogP contribution in [-0.4, -0.2) is 30.0 Å². The Morgan fingerprint density at radius 3 is 2.53 bits per heavy atom. The minimum Gasteiger partial charge on any atom is -0.493 e. The number of carbonyl (C=O) groups is 2. The molecule has 0 aromatic heterocycles. The molecule has 0 amide bonds. The van der Waals surface area contributed by atoms with Crippen molar-refractivity contribution < 1.29 is 19.4 Å². The van der Waals surface area contributed by atoms with E-state index in [2.05, 4.69) is 18.3 Å². The van der Waals surface area contributed by atoms with E-state index in [0.717, 1.165) is 40.8 Å². The third-order valence-corrected chi connectivity index (χ3v) is 5.43. The molecule has 0 unspecified atom stereocenters. The molecule has 3 aromatic rings. The fourth-order valence-corrected chi connectivity index (χ4v) is 3.52. The molecule has 0 bridgehead atoms. The van der Waals surface area contributed by atoms with E-state index in [4.69, 9.17) is 4.74 Å². The number of hydrogen-bond donors (Lipinski definition) is 2. The molecule has 2 N–H and O–H groups in total. The number of unbranched alkanes of at least 4 members (excludes halogenated alkanes) is 1. The summed E-state index contributed by atoms with van der Waals surface area (Å²) in [4.78, 5) is 23.5. The first-order valence-electron chi connectivity index (χ1n) is 11.5. The average molecular weight is 458 g/mol. The Balaban J connectivity index is 1.77. The van der Waals surface area contributed by atoms with Crippen LogP contribution >= 0.6 is 0 Å². The van der Waals surface area contributed by atoms with E-state index >= 15 is 0 Å². The molecule has 0 aliphatic carbocycles. The molecule has 34 heavy (non-hydrogen) atoms. The lowest BCUT2D eigenvalue weighted by molar-refractivity contribution is -0.132. The van der Waals surface area contributed by atoms with E-state index in [9.17, 15) is 14.7 Å². The second-order valence-corrected chi connectivity index (χ2v) is 8.18. The maximum Gasteiger partial charge on any atom is 0.331 e. The standard InChI is InChI=1S/C29H31NO4/c1-3-4-15-34-28-18-22(16-21(2)29(32)33)13-14-26(28)25-12-8-9-23(17-25)19-30-20-27(31)24-10-6-5-7-11-24/h5-14,16-18,30H,3-4,15,19-20H2,1-2H3,(H,32,33)/b21-16+. The van der Waals surface area contributed by atoms with Crippen molar-refractivity contribution in [1.29, 1.82) is 0 Å². The second-order valence-electron chi connectivity index (χ2n) is 8.18. The molecule has 0 saturated carbocycles. The molecule has 0 aliphatic rings. The average Bonchev–Trinajstić information content (AvgIpc) is 2.85. The Bertz CT molecular complexity index is 1150. The fraction of sp³-hybridized carbons (Fsp3) is 0.241. The SMILES string of the molecule is CCCCOc1cc(/C=C(\C)C(=O)O)ccc1-c1cccc(CNCC(=O)c2ccccc2)c1. The Hall–Kier alpha value is -3.70. The van der Waals surface area contributed by atoms with Crippen molar-refractivity contribution >= 4 is 17.8 Å². The molecule has 0 saturated heterocycles. The van der Waals surface area contributed by atoms with E-state index in [0.29, 0.717) is 18.7 Å². The lowest BCUT2D eigenvalue weighted by Gasteiger charge is -2.14. The second kappa shape index (κ2) is 12.5. The minimum atomic E-state index is -0.941. The molecular weight excluding hydrogens is 426 g/mol. The predicted octanol–water partition coefficient (Wildman–Crippen LogP) is 5.99. The first kappa shape index (κ1) is 24.9. The summed E-state index contributed by atoms with van der Waals surface area (Å²) in [6.45, 7) is 5.11. The van der Waals surface area contributed by atoms with Gasteiger partial charge in [0.25, 0.3) is 0 Å². The molecule has 5 heteroatoms. The van der Waals surface area contributed by atoms with Gasteiger partial charge < -0.3 is 15.2 Å². The van der Waals surface area contributed by atoms with Crippen molar-refractivity contribution in [3.05, 3.63) is 95.1 Å². The lowest BCUT2D eigenvalue weighted by Crippen LogP contribution is -2.22. The number of Topliss-reactive ketones (excluding diaryl/α,β-unsaturated/α-hetero) is 1. The Morgan fingerprint density at radius 2 is 1.79 bits per heavy atom. The van der Waals surface area contributed by atoms with Crippen LogP contribution in [0, 0.1) is 0 Å². The quantitative estimate of drug-likeness (QED) is 0.198. The number of carboxylic acid groups (broad SMARTS) is 1. The summed E-state index contributed by atoms with van der Waals surface area (Å²) in [6, 6.07) is 23.1. The van der Waals surface area contributed by atoms with E-state index in [1.165, 1.54) is 0 Å². The third kappa shape index (κ3) is 7.15. The first-order valence-corrected chi connectivity index (χ1v) is 11.5. The third-order valence-electron chi connectivity index (χ3n) is 5.43. The van der Waals surface area contributed by atoms with Crippen LogP contribution < -0.4 is 10.1 Å². The van der Waals surface area contributed by atoms with Crippen molar-refractivity contribution in [3.8, 4) is 16.9 Å². The molecule has 176 valence electrons. The topological polar surface area (TPSA) is 75.6 Å². The highest BCUT2D eigenvalue weighted by Gasteiger charge is 2.10. The van der Waals surface area contributed by atoms with Gasteiger partial charge in [0.1, 0.15) is 5.75 Å². The number of rotatable bonds is 12. The van der Waals surface area contributed by atoms with Crippen molar-refractivity contribution in [3.63, 3.8) is 0 Å². The van der Waals surface area contributed by atoms with E-state index < -0.39 is 5.97 Å². The number of ketones is 1. The van der Waals surface area contributed by atoms with Crippen molar-refractivity contribution in [2.75, 3.05) is 13.2 Å². The summed E-state index contributed by atoms with van der Waals surface area (Å²) in [5.74, 6) is -0.156. The van der Waals surface area contributed by atoms with E-state index in [1.54, 1.807) is 13.0 Å². The fourth-order valence-electron chi connectivity index (χ4n) is 3.52. The number of carbonyl (C=O) groups excluding carboxylic acids is 1. The van der Waals surface area contributed by atoms with Gasteiger partial charge in [0, 0.05) is 23.2 Å². The Labute approximate surface area is 201 Å². The number of aliphatic carboxylic acids is 1. The molecule has 3 rings (SSSR count). The van der Waals surface area contributed by atoms with Crippen LogP contribution in [0.1, 0.15) is 48.2 Å². The van der Waals surface area contributed by atoms with Gasteiger partial charge in [-0.1, -0.05) is 74.0 Å². The summed E-state index contributed by atoms with van der Waals surface area (Å²) in [5.41, 5.74) is 4.76.